The van der Waals surface area contributed by atoms with Crippen LogP contribution >= 0.6 is 15.9 Å². The minimum atomic E-state index is -0.643. The normalized spacial score (nSPS) is 15.9. The Morgan fingerprint density at radius 1 is 1.02 bits per heavy atom. The van der Waals surface area contributed by atoms with E-state index < -0.39 is 12.1 Å². The van der Waals surface area contributed by atoms with Gasteiger partial charge in [-0.3, -0.25) is 14.4 Å². The molecule has 1 aliphatic carbocycles. The second-order valence-electron chi connectivity index (χ2n) is 12.7. The molecule has 2 atom stereocenters. The second kappa shape index (κ2) is 13.5. The lowest BCUT2D eigenvalue weighted by Gasteiger charge is -2.32. The quantitative estimate of drug-likeness (QED) is 0.201. The van der Waals surface area contributed by atoms with Crippen molar-refractivity contribution in [2.75, 3.05) is 33.2 Å². The number of carbonyl (C=O) groups excluding carboxylic acids is 2. The third-order valence-corrected chi connectivity index (χ3v) is 10.1. The number of aromatic amines is 1. The minimum absolute atomic E-state index is 0.0626. The molecule has 10 nitrogen and oxygen atoms in total. The topological polar surface area (TPSA) is 122 Å². The molecule has 2 heterocycles. The molecule has 1 aromatic heterocycles. The lowest BCUT2D eigenvalue weighted by Crippen LogP contribution is -2.47. The summed E-state index contributed by atoms with van der Waals surface area (Å²) in [6.45, 7) is 6.48. The van der Waals surface area contributed by atoms with Crippen molar-refractivity contribution in [3.8, 4) is 28.4 Å². The maximum atomic E-state index is 14.2. The van der Waals surface area contributed by atoms with Gasteiger partial charge in [0, 0.05) is 53.1 Å². The van der Waals surface area contributed by atoms with E-state index >= 15 is 0 Å². The van der Waals surface area contributed by atoms with E-state index in [2.05, 4.69) is 37.6 Å². The van der Waals surface area contributed by atoms with E-state index in [0.717, 1.165) is 43.3 Å². The summed E-state index contributed by atoms with van der Waals surface area (Å²) in [6, 6.07) is 12.1. The van der Waals surface area contributed by atoms with E-state index in [0.29, 0.717) is 60.9 Å². The first-order valence-electron chi connectivity index (χ1n) is 16.2. The monoisotopic (exact) mass is 716 g/mol. The SMILES string of the molecule is COc1cc2c(c(OC)c1OC)-c1ccc(N[C@@H](C(=O)N3CCc4[nH]c5c(Br)cccc5c4C3)C(C)C)c(=O)cc1[C@H](NC(C)=O)CC2. The molecule has 0 spiro atoms. The first kappa shape index (κ1) is 33.4. The highest BCUT2D eigenvalue weighted by Crippen LogP contribution is 2.50. The molecule has 11 heteroatoms. The van der Waals surface area contributed by atoms with Gasteiger partial charge in [-0.1, -0.05) is 32.0 Å². The molecule has 2 aliphatic rings. The number of aromatic nitrogens is 1. The highest BCUT2D eigenvalue weighted by molar-refractivity contribution is 9.10. The molecule has 0 fully saturated rings. The first-order valence-corrected chi connectivity index (χ1v) is 17.0. The fourth-order valence-corrected chi connectivity index (χ4v) is 7.56. The molecular weight excluding hydrogens is 676 g/mol. The molecule has 4 aromatic rings. The van der Waals surface area contributed by atoms with Gasteiger partial charge in [-0.2, -0.15) is 0 Å². The van der Waals surface area contributed by atoms with Crippen molar-refractivity contribution < 1.29 is 23.8 Å². The highest BCUT2D eigenvalue weighted by atomic mass is 79.9. The molecule has 0 radical (unpaired) electrons. The van der Waals surface area contributed by atoms with E-state index in [9.17, 15) is 14.4 Å². The average Bonchev–Trinajstić information content (AvgIpc) is 3.29. The van der Waals surface area contributed by atoms with Gasteiger partial charge in [-0.05, 0) is 75.6 Å². The van der Waals surface area contributed by atoms with E-state index in [-0.39, 0.29) is 23.2 Å². The maximum absolute atomic E-state index is 14.2. The number of aryl methyl sites for hydroxylation is 1. The number of ether oxygens (including phenoxy) is 3. The summed E-state index contributed by atoms with van der Waals surface area (Å²) < 4.78 is 18.2. The molecule has 252 valence electrons. The zero-order valence-corrected chi connectivity index (χ0v) is 29.7. The Bertz CT molecular complexity index is 1970. The number of rotatable bonds is 8. The Hall–Kier alpha value is -4.51. The van der Waals surface area contributed by atoms with Crippen molar-refractivity contribution in [2.45, 2.75) is 58.7 Å². The van der Waals surface area contributed by atoms with Crippen molar-refractivity contribution in [3.63, 3.8) is 0 Å². The Kier molecular flexibility index (Phi) is 9.42. The van der Waals surface area contributed by atoms with Gasteiger partial charge in [0.25, 0.3) is 0 Å². The molecule has 0 saturated heterocycles. The van der Waals surface area contributed by atoms with Gasteiger partial charge in [-0.15, -0.1) is 0 Å². The van der Waals surface area contributed by atoms with Crippen LogP contribution in [0.1, 0.15) is 55.6 Å². The summed E-state index contributed by atoms with van der Waals surface area (Å²) >= 11 is 3.64. The van der Waals surface area contributed by atoms with Crippen molar-refractivity contribution in [3.05, 3.63) is 79.5 Å². The average molecular weight is 718 g/mol. The minimum Gasteiger partial charge on any atom is -0.493 e. The van der Waals surface area contributed by atoms with E-state index in [1.807, 2.05) is 43.0 Å². The van der Waals surface area contributed by atoms with Gasteiger partial charge in [-0.25, -0.2) is 0 Å². The summed E-state index contributed by atoms with van der Waals surface area (Å²) in [5, 5.41) is 7.48. The summed E-state index contributed by atoms with van der Waals surface area (Å²) in [7, 11) is 4.70. The fourth-order valence-electron chi connectivity index (χ4n) is 7.10. The second-order valence-corrected chi connectivity index (χ2v) is 13.6. The van der Waals surface area contributed by atoms with Crippen LogP contribution in [-0.4, -0.2) is 55.6 Å². The van der Waals surface area contributed by atoms with Crippen LogP contribution in [0.25, 0.3) is 22.0 Å². The number of para-hydroxylation sites is 1. The standard InChI is InChI=1S/C37H41BrN4O6/c1-19(2)33(37(45)42-15-14-28-25(18-42)23-8-7-9-26(38)34(23)40-28)41-29-13-11-22-24(17-30(29)44)27(39-20(3)43)12-10-21-16-31(46-4)35(47-5)36(48-6)32(21)22/h7-9,11,13,16-17,19,27,33,40H,10,12,14-15,18H2,1-6H3,(H,39,43)(H,41,44)/t27-,33-/m1/s1. The number of anilines is 1. The number of H-pyrrole nitrogens is 1. The van der Waals surface area contributed by atoms with Crippen LogP contribution in [0.15, 0.2) is 51.7 Å². The van der Waals surface area contributed by atoms with Crippen LogP contribution in [0.5, 0.6) is 17.2 Å². The summed E-state index contributed by atoms with van der Waals surface area (Å²) in [4.78, 5) is 45.9. The predicted molar refractivity (Wildman–Crippen MR) is 190 cm³/mol. The number of fused-ring (bicyclic) bond motifs is 6. The van der Waals surface area contributed by atoms with Gasteiger partial charge in [0.1, 0.15) is 6.04 Å². The molecule has 0 saturated carbocycles. The van der Waals surface area contributed by atoms with Crippen LogP contribution in [0.4, 0.5) is 5.69 Å². The Morgan fingerprint density at radius 2 is 1.79 bits per heavy atom. The fraction of sp³-hybridized carbons (Fsp3) is 0.378. The van der Waals surface area contributed by atoms with Gasteiger partial charge in [0.2, 0.25) is 23.0 Å². The van der Waals surface area contributed by atoms with Crippen LogP contribution in [0.2, 0.25) is 0 Å². The van der Waals surface area contributed by atoms with Crippen LogP contribution in [-0.2, 0) is 29.0 Å². The number of benzene rings is 2. The number of nitrogens with zero attached hydrogens (tertiary/aromatic N) is 1. The maximum Gasteiger partial charge on any atom is 0.245 e. The molecule has 1 aliphatic heterocycles. The number of hydrogen-bond donors (Lipinski definition) is 3. The molecule has 3 aromatic carbocycles. The van der Waals surface area contributed by atoms with Crippen LogP contribution in [0.3, 0.4) is 0 Å². The van der Waals surface area contributed by atoms with Crippen LogP contribution in [0, 0.1) is 5.92 Å². The Labute approximate surface area is 288 Å². The zero-order valence-electron chi connectivity index (χ0n) is 28.1. The molecule has 6 rings (SSSR count). The summed E-state index contributed by atoms with van der Waals surface area (Å²) in [6.07, 6.45) is 1.87. The lowest BCUT2D eigenvalue weighted by molar-refractivity contribution is -0.133. The van der Waals surface area contributed by atoms with Crippen molar-refractivity contribution in [2.24, 2.45) is 5.92 Å². The van der Waals surface area contributed by atoms with E-state index in [1.165, 1.54) is 6.92 Å². The van der Waals surface area contributed by atoms with E-state index in [4.69, 9.17) is 14.2 Å². The molecule has 2 amide bonds. The Balaban J connectivity index is 1.40. The van der Waals surface area contributed by atoms with Crippen molar-refractivity contribution in [1.82, 2.24) is 15.2 Å². The number of hydrogen-bond acceptors (Lipinski definition) is 7. The Morgan fingerprint density at radius 3 is 2.48 bits per heavy atom. The number of halogens is 1. The van der Waals surface area contributed by atoms with Gasteiger partial charge < -0.3 is 34.7 Å². The molecule has 0 bridgehead atoms. The molecule has 48 heavy (non-hydrogen) atoms. The van der Waals surface area contributed by atoms with Gasteiger partial charge in [0.15, 0.2) is 11.5 Å². The molecule has 3 N–H and O–H groups in total. The van der Waals surface area contributed by atoms with E-state index in [1.54, 1.807) is 33.5 Å². The molecule has 0 unspecified atom stereocenters. The summed E-state index contributed by atoms with van der Waals surface area (Å²) in [5.74, 6) is 1.08. The van der Waals surface area contributed by atoms with Crippen molar-refractivity contribution >= 4 is 44.3 Å². The van der Waals surface area contributed by atoms with Crippen LogP contribution < -0.4 is 30.3 Å². The molecular formula is C37H41BrN4O6. The first-order chi connectivity index (χ1) is 23.1. The number of amides is 2. The third kappa shape index (κ3) is 6.00. The lowest BCUT2D eigenvalue weighted by atomic mass is 9.95. The summed E-state index contributed by atoms with van der Waals surface area (Å²) in [5.41, 5.74) is 6.42. The predicted octanol–water partition coefficient (Wildman–Crippen LogP) is 6.13. The highest BCUT2D eigenvalue weighted by Gasteiger charge is 2.33. The largest absolute Gasteiger partial charge is 0.493 e. The number of carbonyl (C=O) groups is 2. The zero-order chi connectivity index (χ0) is 34.3. The number of nitrogens with one attached hydrogen (secondary N) is 3. The number of methoxy groups -OCH3 is 3. The third-order valence-electron chi connectivity index (χ3n) is 9.43. The van der Waals surface area contributed by atoms with Gasteiger partial charge >= 0.3 is 0 Å². The van der Waals surface area contributed by atoms with Gasteiger partial charge in [0.05, 0.1) is 38.6 Å². The smallest absolute Gasteiger partial charge is 0.245 e. The van der Waals surface area contributed by atoms with Crippen molar-refractivity contribution in [1.29, 1.82) is 0 Å².